The van der Waals surface area contributed by atoms with E-state index in [1.807, 2.05) is 0 Å². The maximum absolute atomic E-state index is 11.8. The number of nitro benzene ring substituents is 1. The van der Waals surface area contributed by atoms with Gasteiger partial charge >= 0.3 is 0 Å². The Hall–Kier alpha value is -1.53. The normalized spacial score (nSPS) is 18.8. The highest BCUT2D eigenvalue weighted by molar-refractivity contribution is 6.42. The van der Waals surface area contributed by atoms with Crippen molar-refractivity contribution in [3.63, 3.8) is 0 Å². The fourth-order valence-corrected chi connectivity index (χ4v) is 2.27. The largest absolute Gasteiger partial charge is 0.368 e. The Balaban J connectivity index is 2.32. The maximum atomic E-state index is 11.8. The average molecular weight is 304 g/mol. The summed E-state index contributed by atoms with van der Waals surface area (Å²) in [5.41, 5.74) is 0.00445. The van der Waals surface area contributed by atoms with Crippen molar-refractivity contribution in [1.29, 1.82) is 0 Å². The molecular formula is C11H11Cl2N3O3. The van der Waals surface area contributed by atoms with E-state index < -0.39 is 11.0 Å². The van der Waals surface area contributed by atoms with Crippen LogP contribution in [-0.2, 0) is 4.79 Å². The lowest BCUT2D eigenvalue weighted by Crippen LogP contribution is -2.31. The van der Waals surface area contributed by atoms with Gasteiger partial charge in [0.1, 0.15) is 11.7 Å². The highest BCUT2D eigenvalue weighted by Crippen LogP contribution is 2.34. The minimum atomic E-state index is -0.562. The summed E-state index contributed by atoms with van der Waals surface area (Å²) in [5.74, 6) is -0.0969. The van der Waals surface area contributed by atoms with Crippen LogP contribution in [0.2, 0.25) is 10.0 Å². The molecule has 2 rings (SSSR count). The molecule has 0 bridgehead atoms. The van der Waals surface area contributed by atoms with Gasteiger partial charge in [-0.25, -0.2) is 0 Å². The zero-order chi connectivity index (χ0) is 14.2. The summed E-state index contributed by atoms with van der Waals surface area (Å²) >= 11 is 11.6. The van der Waals surface area contributed by atoms with E-state index in [0.29, 0.717) is 13.0 Å². The number of likely N-dealkylation sites (N-methyl/N-ethyl adjacent to an activating group) is 1. The lowest BCUT2D eigenvalue weighted by atomic mass is 10.2. The van der Waals surface area contributed by atoms with E-state index >= 15 is 0 Å². The molecule has 0 aliphatic carbocycles. The van der Waals surface area contributed by atoms with Crippen LogP contribution in [0.1, 0.15) is 6.42 Å². The number of halogens is 2. The van der Waals surface area contributed by atoms with Gasteiger partial charge in [-0.2, -0.15) is 0 Å². The van der Waals surface area contributed by atoms with Gasteiger partial charge in [0, 0.05) is 19.7 Å². The molecule has 6 nitrogen and oxygen atoms in total. The Morgan fingerprint density at radius 3 is 2.58 bits per heavy atom. The molecular weight excluding hydrogens is 293 g/mol. The van der Waals surface area contributed by atoms with Crippen molar-refractivity contribution in [3.8, 4) is 0 Å². The molecule has 1 N–H and O–H groups in total. The molecule has 8 heteroatoms. The van der Waals surface area contributed by atoms with Crippen molar-refractivity contribution in [1.82, 2.24) is 4.90 Å². The van der Waals surface area contributed by atoms with Crippen molar-refractivity contribution < 1.29 is 9.72 Å². The van der Waals surface area contributed by atoms with Crippen LogP contribution in [0.5, 0.6) is 0 Å². The zero-order valence-corrected chi connectivity index (χ0v) is 11.5. The molecule has 1 aliphatic heterocycles. The SMILES string of the molecule is CN1CCC(Nc2cc(Cl)c(Cl)cc2[N+](=O)[O-])C1=O. The van der Waals surface area contributed by atoms with Crippen molar-refractivity contribution in [3.05, 3.63) is 32.3 Å². The second-order valence-corrected chi connectivity index (χ2v) is 5.10. The fourth-order valence-electron chi connectivity index (χ4n) is 1.95. The Morgan fingerprint density at radius 1 is 1.42 bits per heavy atom. The first-order valence-electron chi connectivity index (χ1n) is 5.55. The van der Waals surface area contributed by atoms with Gasteiger partial charge in [0.2, 0.25) is 5.91 Å². The van der Waals surface area contributed by atoms with Gasteiger partial charge < -0.3 is 10.2 Å². The molecule has 1 aliphatic rings. The van der Waals surface area contributed by atoms with Crippen LogP contribution in [0.3, 0.4) is 0 Å². The van der Waals surface area contributed by atoms with Crippen LogP contribution in [0, 0.1) is 10.1 Å². The van der Waals surface area contributed by atoms with Gasteiger partial charge in [-0.05, 0) is 12.5 Å². The molecule has 0 radical (unpaired) electrons. The number of amides is 1. The van der Waals surface area contributed by atoms with E-state index in [0.717, 1.165) is 0 Å². The second-order valence-electron chi connectivity index (χ2n) is 4.29. The van der Waals surface area contributed by atoms with Gasteiger partial charge in [0.15, 0.2) is 0 Å². The summed E-state index contributed by atoms with van der Waals surface area (Å²) in [6.07, 6.45) is 0.590. The molecule has 0 saturated carbocycles. The fraction of sp³-hybridized carbons (Fsp3) is 0.364. The first-order valence-corrected chi connectivity index (χ1v) is 6.30. The van der Waals surface area contributed by atoms with Crippen LogP contribution in [0.15, 0.2) is 12.1 Å². The smallest absolute Gasteiger partial charge is 0.293 e. The lowest BCUT2D eigenvalue weighted by molar-refractivity contribution is -0.384. The van der Waals surface area contributed by atoms with Gasteiger partial charge in [-0.3, -0.25) is 14.9 Å². The Bertz CT molecular complexity index is 550. The number of nitrogens with zero attached hydrogens (tertiary/aromatic N) is 2. The molecule has 1 amide bonds. The molecule has 1 atom stereocenters. The van der Waals surface area contributed by atoms with Gasteiger partial charge in [-0.1, -0.05) is 23.2 Å². The van der Waals surface area contributed by atoms with E-state index in [9.17, 15) is 14.9 Å². The molecule has 1 aromatic carbocycles. The number of likely N-dealkylation sites (tertiary alicyclic amines) is 1. The van der Waals surface area contributed by atoms with Gasteiger partial charge in [-0.15, -0.1) is 0 Å². The molecule has 19 heavy (non-hydrogen) atoms. The molecule has 1 fully saturated rings. The number of carbonyl (C=O) groups is 1. The maximum Gasteiger partial charge on any atom is 0.293 e. The summed E-state index contributed by atoms with van der Waals surface area (Å²) in [6, 6.07) is 2.07. The molecule has 102 valence electrons. The van der Waals surface area contributed by atoms with E-state index in [4.69, 9.17) is 23.2 Å². The zero-order valence-electron chi connectivity index (χ0n) is 10.0. The van der Waals surface area contributed by atoms with E-state index in [-0.39, 0.29) is 27.3 Å². The third-order valence-corrected chi connectivity index (χ3v) is 3.71. The summed E-state index contributed by atoms with van der Waals surface area (Å²) in [6.45, 7) is 0.617. The van der Waals surface area contributed by atoms with Crippen LogP contribution in [0.4, 0.5) is 11.4 Å². The topological polar surface area (TPSA) is 75.5 Å². The minimum absolute atomic E-state index is 0.0969. The minimum Gasteiger partial charge on any atom is -0.368 e. The van der Waals surface area contributed by atoms with Gasteiger partial charge in [0.05, 0.1) is 15.0 Å². The Kier molecular flexibility index (Phi) is 3.82. The van der Waals surface area contributed by atoms with Crippen molar-refractivity contribution >= 4 is 40.5 Å². The highest BCUT2D eigenvalue weighted by Gasteiger charge is 2.30. The first-order chi connectivity index (χ1) is 8.90. The number of benzene rings is 1. The number of anilines is 1. The standard InChI is InChI=1S/C11H11Cl2N3O3/c1-15-3-2-8(11(15)17)14-9-4-6(12)7(13)5-10(9)16(18)19/h4-5,8,14H,2-3H2,1H3. The van der Waals surface area contributed by atoms with Crippen LogP contribution < -0.4 is 5.32 Å². The third kappa shape index (κ3) is 2.74. The monoisotopic (exact) mass is 303 g/mol. The van der Waals surface area contributed by atoms with E-state index in [1.54, 1.807) is 11.9 Å². The average Bonchev–Trinajstić information content (AvgIpc) is 2.65. The third-order valence-electron chi connectivity index (χ3n) is 2.99. The first kappa shape index (κ1) is 13.9. The van der Waals surface area contributed by atoms with Gasteiger partial charge in [0.25, 0.3) is 5.69 Å². The Labute approximate surface area is 119 Å². The predicted octanol–water partition coefficient (Wildman–Crippen LogP) is 2.54. The molecule has 0 spiro atoms. The number of nitrogens with one attached hydrogen (secondary N) is 1. The number of hydrogen-bond acceptors (Lipinski definition) is 4. The molecule has 1 heterocycles. The van der Waals surface area contributed by atoms with Crippen molar-refractivity contribution in [2.45, 2.75) is 12.5 Å². The van der Waals surface area contributed by atoms with Crippen LogP contribution in [0.25, 0.3) is 0 Å². The van der Waals surface area contributed by atoms with E-state index in [1.165, 1.54) is 12.1 Å². The predicted molar refractivity (Wildman–Crippen MR) is 72.8 cm³/mol. The quantitative estimate of drug-likeness (QED) is 0.688. The second kappa shape index (κ2) is 5.22. The number of rotatable bonds is 3. The molecule has 0 aromatic heterocycles. The summed E-state index contributed by atoms with van der Waals surface area (Å²) in [5, 5.41) is 14.1. The molecule has 1 aromatic rings. The molecule has 1 saturated heterocycles. The lowest BCUT2D eigenvalue weighted by Gasteiger charge is -2.14. The number of carbonyl (C=O) groups excluding carboxylic acids is 1. The van der Waals surface area contributed by atoms with Crippen molar-refractivity contribution in [2.24, 2.45) is 0 Å². The van der Waals surface area contributed by atoms with Crippen LogP contribution in [-0.4, -0.2) is 35.4 Å². The summed E-state index contributed by atoms with van der Waals surface area (Å²) in [4.78, 5) is 23.8. The van der Waals surface area contributed by atoms with Crippen LogP contribution >= 0.6 is 23.2 Å². The van der Waals surface area contributed by atoms with Crippen molar-refractivity contribution in [2.75, 3.05) is 18.9 Å². The number of nitro groups is 1. The van der Waals surface area contributed by atoms with E-state index in [2.05, 4.69) is 5.32 Å². The summed E-state index contributed by atoms with van der Waals surface area (Å²) in [7, 11) is 1.69. The Morgan fingerprint density at radius 2 is 2.05 bits per heavy atom. The summed E-state index contributed by atoms with van der Waals surface area (Å²) < 4.78 is 0. The number of hydrogen-bond donors (Lipinski definition) is 1. The molecule has 1 unspecified atom stereocenters. The highest BCUT2D eigenvalue weighted by atomic mass is 35.5.